The van der Waals surface area contributed by atoms with E-state index in [1.54, 1.807) is 13.8 Å². The maximum absolute atomic E-state index is 11.1. The Balaban J connectivity index is 3.30. The number of hydrogen-bond acceptors (Lipinski definition) is 4. The number of nitrogens with one attached hydrogen (secondary N) is 1. The average Bonchev–Trinajstić information content (AvgIpc) is 2.44. The van der Waals surface area contributed by atoms with Crippen molar-refractivity contribution in [3.8, 4) is 0 Å². The molecule has 0 aliphatic carbocycles. The second-order valence-corrected chi connectivity index (χ2v) is 5.37. The van der Waals surface area contributed by atoms with Crippen LogP contribution in [0.5, 0.6) is 0 Å². The predicted octanol–water partition coefficient (Wildman–Crippen LogP) is 0.534. The third-order valence-electron chi connectivity index (χ3n) is 1.80. The van der Waals surface area contributed by atoms with Crippen LogP contribution < -0.4 is 4.72 Å². The van der Waals surface area contributed by atoms with E-state index in [0.717, 1.165) is 12.5 Å². The van der Waals surface area contributed by atoms with Crippen molar-refractivity contribution in [1.29, 1.82) is 0 Å². The van der Waals surface area contributed by atoms with Crippen LogP contribution in [-0.4, -0.2) is 35.5 Å². The summed E-state index contributed by atoms with van der Waals surface area (Å²) in [5.74, 6) is -1.25. The molecule has 0 bridgehead atoms. The third kappa shape index (κ3) is 2.72. The van der Waals surface area contributed by atoms with Crippen LogP contribution in [0.15, 0.2) is 6.20 Å². The van der Waals surface area contributed by atoms with E-state index in [1.807, 2.05) is 0 Å². The molecule has 0 aromatic carbocycles. The molecule has 0 aliphatic heterocycles. The molecule has 1 heterocycles. The Labute approximate surface area is 93.1 Å². The summed E-state index contributed by atoms with van der Waals surface area (Å²) in [5, 5.41) is 12.7. The van der Waals surface area contributed by atoms with Gasteiger partial charge >= 0.3 is 5.97 Å². The van der Waals surface area contributed by atoms with E-state index in [4.69, 9.17) is 5.11 Å². The van der Waals surface area contributed by atoms with Crippen LogP contribution >= 0.6 is 0 Å². The molecule has 1 aromatic heterocycles. The molecular weight excluding hydrogens is 234 g/mol. The number of rotatable bonds is 4. The smallest absolute Gasteiger partial charge is 0.341 e. The summed E-state index contributed by atoms with van der Waals surface area (Å²) < 4.78 is 25.7. The lowest BCUT2D eigenvalue weighted by atomic mass is 10.3. The Morgan fingerprint density at radius 1 is 1.56 bits per heavy atom. The van der Waals surface area contributed by atoms with Crippen LogP contribution in [0, 0.1) is 0 Å². The quantitative estimate of drug-likeness (QED) is 0.808. The fourth-order valence-electron chi connectivity index (χ4n) is 1.19. The number of aromatic carboxylic acids is 1. The summed E-state index contributed by atoms with van der Waals surface area (Å²) in [6.45, 7) is 3.54. The molecule has 0 aliphatic rings. The van der Waals surface area contributed by atoms with Crippen LogP contribution in [0.4, 0.5) is 5.82 Å². The Morgan fingerprint density at radius 3 is 2.50 bits per heavy atom. The van der Waals surface area contributed by atoms with Gasteiger partial charge in [-0.1, -0.05) is 0 Å². The topological polar surface area (TPSA) is 101 Å². The van der Waals surface area contributed by atoms with E-state index in [1.165, 1.54) is 4.68 Å². The Kier molecular flexibility index (Phi) is 3.22. The van der Waals surface area contributed by atoms with Gasteiger partial charge in [0.15, 0.2) is 5.82 Å². The molecule has 1 rings (SSSR count). The number of hydrogen-bond donors (Lipinski definition) is 2. The number of nitrogens with zero attached hydrogens (tertiary/aromatic N) is 2. The summed E-state index contributed by atoms with van der Waals surface area (Å²) in [4.78, 5) is 10.9. The molecule has 8 heteroatoms. The van der Waals surface area contributed by atoms with Crippen molar-refractivity contribution in [2.75, 3.05) is 11.0 Å². The second-order valence-electron chi connectivity index (χ2n) is 3.62. The fraction of sp³-hybridized carbons (Fsp3) is 0.500. The summed E-state index contributed by atoms with van der Waals surface area (Å²) in [6, 6.07) is -0.141. The Morgan fingerprint density at radius 2 is 2.12 bits per heavy atom. The zero-order chi connectivity index (χ0) is 12.5. The van der Waals surface area contributed by atoms with Crippen molar-refractivity contribution in [3.63, 3.8) is 0 Å². The molecule has 0 amide bonds. The van der Waals surface area contributed by atoms with E-state index in [-0.39, 0.29) is 17.4 Å². The average molecular weight is 247 g/mol. The highest BCUT2D eigenvalue weighted by Crippen LogP contribution is 2.20. The number of anilines is 1. The van der Waals surface area contributed by atoms with Gasteiger partial charge in [0, 0.05) is 6.04 Å². The van der Waals surface area contributed by atoms with Crippen molar-refractivity contribution >= 4 is 21.8 Å². The fourth-order valence-corrected chi connectivity index (χ4v) is 1.74. The zero-order valence-corrected chi connectivity index (χ0v) is 9.95. The predicted molar refractivity (Wildman–Crippen MR) is 58.0 cm³/mol. The lowest BCUT2D eigenvalue weighted by Crippen LogP contribution is -2.17. The van der Waals surface area contributed by atoms with E-state index in [9.17, 15) is 13.2 Å². The molecule has 7 nitrogen and oxygen atoms in total. The van der Waals surface area contributed by atoms with Crippen LogP contribution in [-0.2, 0) is 10.0 Å². The van der Waals surface area contributed by atoms with Gasteiger partial charge in [-0.05, 0) is 13.8 Å². The van der Waals surface area contributed by atoms with Gasteiger partial charge in [0.05, 0.1) is 12.5 Å². The van der Waals surface area contributed by atoms with Crippen LogP contribution in [0.25, 0.3) is 0 Å². The minimum absolute atomic E-state index is 0.0231. The van der Waals surface area contributed by atoms with Gasteiger partial charge in [-0.15, -0.1) is 0 Å². The summed E-state index contributed by atoms with van der Waals surface area (Å²) in [6.07, 6.45) is 2.08. The van der Waals surface area contributed by atoms with Gasteiger partial charge in [0.25, 0.3) is 0 Å². The minimum Gasteiger partial charge on any atom is -0.477 e. The van der Waals surface area contributed by atoms with Crippen molar-refractivity contribution in [3.05, 3.63) is 11.8 Å². The number of carboxylic acids is 1. The van der Waals surface area contributed by atoms with Gasteiger partial charge in [0.1, 0.15) is 5.56 Å². The molecular formula is C8H13N3O4S. The Hall–Kier alpha value is -1.57. The number of carboxylic acid groups (broad SMARTS) is 1. The van der Waals surface area contributed by atoms with Gasteiger partial charge in [-0.3, -0.25) is 4.72 Å². The highest BCUT2D eigenvalue weighted by Gasteiger charge is 2.20. The van der Waals surface area contributed by atoms with Crippen LogP contribution in [0.2, 0.25) is 0 Å². The first-order valence-corrected chi connectivity index (χ1v) is 6.40. The standard InChI is InChI=1S/C8H13N3O4S/c1-5(2)11-7(10-16(3,14)15)6(4-9-11)8(12)13/h4-5,10H,1-3H3,(H,12,13). The monoisotopic (exact) mass is 247 g/mol. The number of aromatic nitrogens is 2. The molecule has 0 radical (unpaired) electrons. The van der Waals surface area contributed by atoms with E-state index < -0.39 is 16.0 Å². The number of sulfonamides is 1. The van der Waals surface area contributed by atoms with Gasteiger partial charge in [0.2, 0.25) is 10.0 Å². The maximum atomic E-state index is 11.1. The van der Waals surface area contributed by atoms with Crippen molar-refractivity contribution in [2.24, 2.45) is 0 Å². The normalized spacial score (nSPS) is 11.8. The molecule has 90 valence electrons. The molecule has 1 aromatic rings. The zero-order valence-electron chi connectivity index (χ0n) is 9.13. The molecule has 0 saturated heterocycles. The van der Waals surface area contributed by atoms with Crippen molar-refractivity contribution < 1.29 is 18.3 Å². The van der Waals surface area contributed by atoms with Crippen LogP contribution in [0.1, 0.15) is 30.2 Å². The summed E-state index contributed by atoms with van der Waals surface area (Å²) in [7, 11) is -3.53. The molecule has 2 N–H and O–H groups in total. The van der Waals surface area contributed by atoms with Gasteiger partial charge in [-0.25, -0.2) is 17.9 Å². The first-order chi connectivity index (χ1) is 7.22. The molecule has 0 unspecified atom stereocenters. The molecule has 0 saturated carbocycles. The molecule has 0 spiro atoms. The van der Waals surface area contributed by atoms with E-state index in [2.05, 4.69) is 9.82 Å². The largest absolute Gasteiger partial charge is 0.477 e. The first-order valence-electron chi connectivity index (χ1n) is 4.51. The van der Waals surface area contributed by atoms with Gasteiger partial charge in [-0.2, -0.15) is 5.10 Å². The molecule has 16 heavy (non-hydrogen) atoms. The Bertz CT molecular complexity index is 503. The lowest BCUT2D eigenvalue weighted by molar-refractivity contribution is 0.0698. The lowest BCUT2D eigenvalue weighted by Gasteiger charge is -2.12. The molecule has 0 atom stereocenters. The highest BCUT2D eigenvalue weighted by molar-refractivity contribution is 7.92. The van der Waals surface area contributed by atoms with E-state index >= 15 is 0 Å². The van der Waals surface area contributed by atoms with Gasteiger partial charge < -0.3 is 5.11 Å². The number of carbonyl (C=O) groups is 1. The van der Waals surface area contributed by atoms with Crippen LogP contribution in [0.3, 0.4) is 0 Å². The van der Waals surface area contributed by atoms with Crippen molar-refractivity contribution in [2.45, 2.75) is 19.9 Å². The SMILES string of the molecule is CC(C)n1ncc(C(=O)O)c1NS(C)(=O)=O. The molecule has 0 fully saturated rings. The highest BCUT2D eigenvalue weighted by atomic mass is 32.2. The summed E-state index contributed by atoms with van der Waals surface area (Å²) >= 11 is 0. The first kappa shape index (κ1) is 12.5. The second kappa shape index (κ2) is 4.12. The maximum Gasteiger partial charge on any atom is 0.341 e. The van der Waals surface area contributed by atoms with E-state index in [0.29, 0.717) is 0 Å². The minimum atomic E-state index is -3.53. The van der Waals surface area contributed by atoms with Crippen molar-refractivity contribution in [1.82, 2.24) is 9.78 Å². The third-order valence-corrected chi connectivity index (χ3v) is 2.36. The summed E-state index contributed by atoms with van der Waals surface area (Å²) in [5.41, 5.74) is -0.167.